The zero-order valence-corrected chi connectivity index (χ0v) is 28.0. The molecule has 0 heterocycles. The van der Waals surface area contributed by atoms with Gasteiger partial charge < -0.3 is 0 Å². The summed E-state index contributed by atoms with van der Waals surface area (Å²) in [4.78, 5) is 0. The van der Waals surface area contributed by atoms with E-state index in [9.17, 15) is 0 Å². The van der Waals surface area contributed by atoms with Crippen molar-refractivity contribution in [3.05, 3.63) is 107 Å². The van der Waals surface area contributed by atoms with E-state index in [1.807, 2.05) is 0 Å². The minimum atomic E-state index is -0.0585. The molecular weight excluding hydrogens is 516 g/mol. The van der Waals surface area contributed by atoms with Gasteiger partial charge in [0.25, 0.3) is 0 Å². The van der Waals surface area contributed by atoms with Crippen LogP contribution in [-0.2, 0) is 21.7 Å². The fourth-order valence-corrected chi connectivity index (χ4v) is 7.40. The standard InChI is InChI=1S/C43H46/c1-40(2,3)29-15-17-33-32-16-14-25(22-36(32)43(10,11)37(33)24-29)34-21-28-20-30(41(4,5)6)18-26-12-13-27-19-31(42(7,8)9)23-35(34)39(27)38(26)28/h12-24H,1-11H3. The van der Waals surface area contributed by atoms with E-state index in [1.54, 1.807) is 0 Å². The van der Waals surface area contributed by atoms with Crippen molar-refractivity contribution < 1.29 is 0 Å². The van der Waals surface area contributed by atoms with Gasteiger partial charge in [0.15, 0.2) is 0 Å². The lowest BCUT2D eigenvalue weighted by molar-refractivity contribution is 0.584. The number of fused-ring (bicyclic) bond motifs is 3. The van der Waals surface area contributed by atoms with Crippen LogP contribution < -0.4 is 0 Å². The highest BCUT2D eigenvalue weighted by molar-refractivity contribution is 6.26. The van der Waals surface area contributed by atoms with Gasteiger partial charge in [-0.05, 0) is 117 Å². The van der Waals surface area contributed by atoms with Gasteiger partial charge in [0, 0.05) is 5.41 Å². The van der Waals surface area contributed by atoms with Gasteiger partial charge in [-0.25, -0.2) is 0 Å². The summed E-state index contributed by atoms with van der Waals surface area (Å²) < 4.78 is 0. The number of rotatable bonds is 1. The molecule has 0 radical (unpaired) electrons. The quantitative estimate of drug-likeness (QED) is 0.175. The largest absolute Gasteiger partial charge is 0.0579 e. The summed E-state index contributed by atoms with van der Waals surface area (Å²) in [5.41, 5.74) is 12.7. The molecule has 0 fully saturated rings. The summed E-state index contributed by atoms with van der Waals surface area (Å²) in [6.45, 7) is 25.7. The van der Waals surface area contributed by atoms with Crippen molar-refractivity contribution in [2.75, 3.05) is 0 Å². The third-order valence-corrected chi connectivity index (χ3v) is 10.2. The van der Waals surface area contributed by atoms with E-state index in [-0.39, 0.29) is 21.7 Å². The van der Waals surface area contributed by atoms with Crippen LogP contribution in [0.4, 0.5) is 0 Å². The van der Waals surface area contributed by atoms with Gasteiger partial charge >= 0.3 is 0 Å². The Bertz CT molecular complexity index is 2080. The predicted molar refractivity (Wildman–Crippen MR) is 189 cm³/mol. The molecule has 6 aromatic rings. The number of hydrogen-bond acceptors (Lipinski definition) is 0. The fourth-order valence-electron chi connectivity index (χ4n) is 7.40. The van der Waals surface area contributed by atoms with Crippen molar-refractivity contribution in [2.45, 2.75) is 97.8 Å². The lowest BCUT2D eigenvalue weighted by atomic mass is 9.78. The SMILES string of the molecule is CC(C)(C)c1ccc2c(c1)C(C)(C)c1cc(-c3cc4cc(C(C)(C)C)cc5ccc6cc(C(C)(C)C)cc3c6c54)ccc1-2. The van der Waals surface area contributed by atoms with Crippen molar-refractivity contribution in [3.63, 3.8) is 0 Å². The lowest BCUT2D eigenvalue weighted by Crippen LogP contribution is -2.17. The molecule has 0 nitrogen and oxygen atoms in total. The molecule has 6 aromatic carbocycles. The summed E-state index contributed by atoms with van der Waals surface area (Å²) >= 11 is 0. The first kappa shape index (κ1) is 28.1. The molecule has 0 aromatic heterocycles. The molecule has 0 spiro atoms. The van der Waals surface area contributed by atoms with Crippen LogP contribution in [0.5, 0.6) is 0 Å². The van der Waals surface area contributed by atoms with E-state index in [4.69, 9.17) is 0 Å². The third-order valence-electron chi connectivity index (χ3n) is 10.2. The lowest BCUT2D eigenvalue weighted by Gasteiger charge is -2.26. The Hall–Kier alpha value is -3.64. The third kappa shape index (κ3) is 4.24. The molecule has 7 rings (SSSR count). The van der Waals surface area contributed by atoms with Gasteiger partial charge in [0.05, 0.1) is 0 Å². The first-order chi connectivity index (χ1) is 19.9. The Labute approximate surface area is 258 Å². The van der Waals surface area contributed by atoms with Crippen molar-refractivity contribution in [1.29, 1.82) is 0 Å². The van der Waals surface area contributed by atoms with Crippen molar-refractivity contribution in [3.8, 4) is 22.3 Å². The summed E-state index contributed by atoms with van der Waals surface area (Å²) in [6, 6.07) is 31.4. The Morgan fingerprint density at radius 3 is 1.53 bits per heavy atom. The van der Waals surface area contributed by atoms with Crippen molar-refractivity contribution in [2.24, 2.45) is 0 Å². The molecule has 1 aliphatic carbocycles. The Balaban J connectivity index is 1.53. The molecule has 0 saturated heterocycles. The normalized spacial score (nSPS) is 15.0. The molecule has 0 aliphatic heterocycles. The monoisotopic (exact) mass is 562 g/mol. The second-order valence-corrected chi connectivity index (χ2v) is 16.8. The highest BCUT2D eigenvalue weighted by atomic mass is 14.4. The zero-order chi connectivity index (χ0) is 30.9. The van der Waals surface area contributed by atoms with Crippen LogP contribution in [0.25, 0.3) is 54.6 Å². The maximum atomic E-state index is 2.51. The molecule has 0 amide bonds. The molecule has 218 valence electrons. The topological polar surface area (TPSA) is 0 Å². The van der Waals surface area contributed by atoms with Crippen molar-refractivity contribution in [1.82, 2.24) is 0 Å². The molecule has 0 heteroatoms. The predicted octanol–water partition coefficient (Wildman–Crippen LogP) is 12.4. The van der Waals surface area contributed by atoms with E-state index in [0.717, 1.165) is 0 Å². The molecular formula is C43H46. The highest BCUT2D eigenvalue weighted by Gasteiger charge is 2.36. The van der Waals surface area contributed by atoms with Crippen LogP contribution in [-0.4, -0.2) is 0 Å². The van der Waals surface area contributed by atoms with Gasteiger partial charge in [-0.1, -0.05) is 137 Å². The van der Waals surface area contributed by atoms with Crippen molar-refractivity contribution >= 4 is 32.3 Å². The second kappa shape index (κ2) is 8.72. The Morgan fingerprint density at radius 1 is 0.419 bits per heavy atom. The maximum Gasteiger partial charge on any atom is 0.0159 e. The highest BCUT2D eigenvalue weighted by Crippen LogP contribution is 2.52. The van der Waals surface area contributed by atoms with Gasteiger partial charge in [-0.15, -0.1) is 0 Å². The summed E-state index contributed by atoms with van der Waals surface area (Å²) in [5.74, 6) is 0. The van der Waals surface area contributed by atoms with E-state index in [0.29, 0.717) is 0 Å². The Kier molecular flexibility index (Phi) is 5.71. The average molecular weight is 563 g/mol. The smallest absolute Gasteiger partial charge is 0.0159 e. The van der Waals surface area contributed by atoms with Gasteiger partial charge in [0.2, 0.25) is 0 Å². The average Bonchev–Trinajstić information content (AvgIpc) is 3.15. The van der Waals surface area contributed by atoms with Crippen LogP contribution in [0.3, 0.4) is 0 Å². The fraction of sp³-hybridized carbons (Fsp3) is 0.349. The van der Waals surface area contributed by atoms with E-state index in [1.165, 1.54) is 82.4 Å². The number of hydrogen-bond donors (Lipinski definition) is 0. The molecule has 0 unspecified atom stereocenters. The second-order valence-electron chi connectivity index (χ2n) is 16.8. The molecule has 0 N–H and O–H groups in total. The van der Waals surface area contributed by atoms with E-state index >= 15 is 0 Å². The van der Waals surface area contributed by atoms with Crippen LogP contribution in [0.1, 0.15) is 104 Å². The van der Waals surface area contributed by atoms with E-state index in [2.05, 4.69) is 155 Å². The van der Waals surface area contributed by atoms with E-state index < -0.39 is 0 Å². The minimum absolute atomic E-state index is 0.0585. The van der Waals surface area contributed by atoms with Crippen LogP contribution in [0, 0.1) is 0 Å². The van der Waals surface area contributed by atoms with Crippen LogP contribution >= 0.6 is 0 Å². The summed E-state index contributed by atoms with van der Waals surface area (Å²) in [7, 11) is 0. The summed E-state index contributed by atoms with van der Waals surface area (Å²) in [5, 5.41) is 8.19. The first-order valence-electron chi connectivity index (χ1n) is 16.0. The van der Waals surface area contributed by atoms with Gasteiger partial charge in [-0.2, -0.15) is 0 Å². The summed E-state index contributed by atoms with van der Waals surface area (Å²) in [6.07, 6.45) is 0. The number of benzene rings is 6. The molecule has 1 aliphatic rings. The zero-order valence-electron chi connectivity index (χ0n) is 28.0. The van der Waals surface area contributed by atoms with Crippen LogP contribution in [0.15, 0.2) is 78.9 Å². The molecule has 0 atom stereocenters. The molecule has 0 bridgehead atoms. The molecule has 43 heavy (non-hydrogen) atoms. The van der Waals surface area contributed by atoms with Gasteiger partial charge in [-0.3, -0.25) is 0 Å². The van der Waals surface area contributed by atoms with Crippen LogP contribution in [0.2, 0.25) is 0 Å². The first-order valence-corrected chi connectivity index (χ1v) is 16.0. The van der Waals surface area contributed by atoms with Gasteiger partial charge in [0.1, 0.15) is 0 Å². The Morgan fingerprint density at radius 2 is 0.930 bits per heavy atom. The maximum absolute atomic E-state index is 2.51. The minimum Gasteiger partial charge on any atom is -0.0579 e. The molecule has 0 saturated carbocycles.